The molecule has 2 aromatic rings. The maximum Gasteiger partial charge on any atom is 0.189 e. The van der Waals surface area contributed by atoms with Gasteiger partial charge in [-0.3, -0.25) is 15.4 Å². The third kappa shape index (κ3) is 3.58. The normalized spacial score (nSPS) is 9.70. The molecule has 5 nitrogen and oxygen atoms in total. The van der Waals surface area contributed by atoms with Crippen LogP contribution in [0.5, 0.6) is 0 Å². The summed E-state index contributed by atoms with van der Waals surface area (Å²) < 4.78 is 0. The van der Waals surface area contributed by atoms with E-state index in [2.05, 4.69) is 20.5 Å². The number of hydrogen-bond donors (Lipinski definition) is 1. The average molecular weight is 287 g/mol. The highest BCUT2D eigenvalue weighted by Crippen LogP contribution is 2.05. The fraction of sp³-hybridized carbons (Fsp3) is 0.143. The smallest absolute Gasteiger partial charge is 0.189 e. The molecular weight excluding hydrogens is 272 g/mol. The van der Waals surface area contributed by atoms with Gasteiger partial charge in [-0.15, -0.1) is 0 Å². The van der Waals surface area contributed by atoms with Crippen molar-refractivity contribution >= 4 is 23.0 Å². The highest BCUT2D eigenvalue weighted by molar-refractivity contribution is 7.80. The molecule has 0 radical (unpaired) electrons. The van der Waals surface area contributed by atoms with E-state index < -0.39 is 0 Å². The molecule has 0 aliphatic rings. The van der Waals surface area contributed by atoms with Gasteiger partial charge in [0.2, 0.25) is 0 Å². The standard InChI is InChI=1S/C14H15N5S/c1-19(2)14(20)18-17-13(11-7-3-5-9-15-11)12-8-4-6-10-16-12/h3-10H,1-2H3,(H,18,20)/i13+2. The SMILES string of the molecule is CN(C)C(=S)NN=[14C](c1ccccn1)c1ccccn1. The largest absolute Gasteiger partial charge is 0.354 e. The fourth-order valence-electron chi connectivity index (χ4n) is 1.46. The van der Waals surface area contributed by atoms with Crippen LogP contribution < -0.4 is 5.43 Å². The third-order valence-electron chi connectivity index (χ3n) is 2.48. The lowest BCUT2D eigenvalue weighted by molar-refractivity contribution is 0.606. The van der Waals surface area contributed by atoms with Gasteiger partial charge in [-0.25, -0.2) is 0 Å². The number of aromatic nitrogens is 2. The van der Waals surface area contributed by atoms with Gasteiger partial charge in [-0.05, 0) is 36.5 Å². The van der Waals surface area contributed by atoms with Crippen LogP contribution in [0, 0.1) is 0 Å². The van der Waals surface area contributed by atoms with Gasteiger partial charge < -0.3 is 4.90 Å². The first-order valence-corrected chi connectivity index (χ1v) is 6.47. The summed E-state index contributed by atoms with van der Waals surface area (Å²) >= 11 is 5.16. The average Bonchev–Trinajstić information content (AvgIpc) is 2.49. The Labute approximate surface area is 123 Å². The Hall–Kier alpha value is -2.34. The molecule has 102 valence electrons. The van der Waals surface area contributed by atoms with Crippen molar-refractivity contribution in [3.63, 3.8) is 0 Å². The van der Waals surface area contributed by atoms with E-state index in [9.17, 15) is 0 Å². The van der Waals surface area contributed by atoms with Crippen molar-refractivity contribution in [3.05, 3.63) is 60.2 Å². The predicted octanol–water partition coefficient (Wildman–Crippen LogP) is 1.67. The summed E-state index contributed by atoms with van der Waals surface area (Å²) in [6.07, 6.45) is 3.44. The molecule has 2 heterocycles. The van der Waals surface area contributed by atoms with Crippen LogP contribution in [0.15, 0.2) is 53.9 Å². The molecule has 0 unspecified atom stereocenters. The van der Waals surface area contributed by atoms with Crippen molar-refractivity contribution < 1.29 is 0 Å². The molecule has 0 fully saturated rings. The van der Waals surface area contributed by atoms with E-state index in [1.807, 2.05) is 50.5 Å². The Balaban J connectivity index is 2.35. The summed E-state index contributed by atoms with van der Waals surface area (Å²) in [5.41, 5.74) is 4.97. The van der Waals surface area contributed by atoms with Crippen LogP contribution >= 0.6 is 12.2 Å². The highest BCUT2D eigenvalue weighted by Gasteiger charge is 2.09. The van der Waals surface area contributed by atoms with E-state index >= 15 is 0 Å². The van der Waals surface area contributed by atoms with Crippen LogP contribution in [0.1, 0.15) is 11.4 Å². The van der Waals surface area contributed by atoms with E-state index in [4.69, 9.17) is 12.2 Å². The van der Waals surface area contributed by atoms with E-state index in [1.165, 1.54) is 0 Å². The van der Waals surface area contributed by atoms with Crippen LogP contribution in [0.3, 0.4) is 0 Å². The lowest BCUT2D eigenvalue weighted by Crippen LogP contribution is -2.32. The molecule has 2 aromatic heterocycles. The van der Waals surface area contributed by atoms with Crippen LogP contribution in [-0.2, 0) is 0 Å². The molecule has 0 amide bonds. The topological polar surface area (TPSA) is 53.4 Å². The second-order valence-corrected chi connectivity index (χ2v) is 4.59. The minimum absolute atomic E-state index is 0.523. The second kappa shape index (κ2) is 6.72. The summed E-state index contributed by atoms with van der Waals surface area (Å²) in [5.74, 6) is 0. The molecule has 0 spiro atoms. The maximum atomic E-state index is 5.16. The minimum atomic E-state index is 0.523. The Kier molecular flexibility index (Phi) is 4.73. The Morgan fingerprint density at radius 2 is 1.65 bits per heavy atom. The predicted molar refractivity (Wildman–Crippen MR) is 83.5 cm³/mol. The molecule has 1 N–H and O–H groups in total. The molecule has 0 atom stereocenters. The van der Waals surface area contributed by atoms with Crippen molar-refractivity contribution in [3.8, 4) is 0 Å². The number of nitrogens with zero attached hydrogens (tertiary/aromatic N) is 4. The Bertz CT molecular complexity index is 554. The number of hydrazone groups is 1. The number of rotatable bonds is 3. The van der Waals surface area contributed by atoms with E-state index in [1.54, 1.807) is 17.3 Å². The van der Waals surface area contributed by atoms with Gasteiger partial charge in [0.1, 0.15) is 5.71 Å². The molecule has 0 saturated carbocycles. The van der Waals surface area contributed by atoms with Crippen molar-refractivity contribution in [2.75, 3.05) is 14.1 Å². The molecule has 0 saturated heterocycles. The van der Waals surface area contributed by atoms with Crippen LogP contribution in [0.25, 0.3) is 0 Å². The van der Waals surface area contributed by atoms with E-state index in [0.29, 0.717) is 10.8 Å². The minimum Gasteiger partial charge on any atom is -0.354 e. The molecule has 6 heteroatoms. The molecule has 0 bridgehead atoms. The fourth-order valence-corrected chi connectivity index (χ4v) is 1.50. The molecule has 20 heavy (non-hydrogen) atoms. The number of nitrogens with one attached hydrogen (secondary N) is 1. The molecule has 0 aliphatic heterocycles. The van der Waals surface area contributed by atoms with Gasteiger partial charge >= 0.3 is 0 Å². The van der Waals surface area contributed by atoms with Crippen LogP contribution in [0.2, 0.25) is 0 Å². The summed E-state index contributed by atoms with van der Waals surface area (Å²) in [5, 5.41) is 4.87. The van der Waals surface area contributed by atoms with Crippen molar-refractivity contribution in [2.45, 2.75) is 0 Å². The van der Waals surface area contributed by atoms with Gasteiger partial charge in [-0.2, -0.15) is 5.10 Å². The zero-order valence-corrected chi connectivity index (χ0v) is 12.1. The summed E-state index contributed by atoms with van der Waals surface area (Å²) in [6.45, 7) is 0. The second-order valence-electron chi connectivity index (χ2n) is 4.20. The van der Waals surface area contributed by atoms with Gasteiger partial charge in [0.25, 0.3) is 0 Å². The van der Waals surface area contributed by atoms with E-state index in [0.717, 1.165) is 11.4 Å². The first-order chi connectivity index (χ1) is 9.68. The van der Waals surface area contributed by atoms with Gasteiger partial charge in [-0.1, -0.05) is 12.1 Å². The maximum absolute atomic E-state index is 5.16. The molecular formula is C14H15N5S. The van der Waals surface area contributed by atoms with Gasteiger partial charge in [0.05, 0.1) is 11.4 Å². The molecule has 0 aromatic carbocycles. The van der Waals surface area contributed by atoms with Crippen LogP contribution in [0.4, 0.5) is 0 Å². The van der Waals surface area contributed by atoms with Gasteiger partial charge in [0.15, 0.2) is 5.11 Å². The number of pyridine rings is 2. The lowest BCUT2D eigenvalue weighted by Gasteiger charge is -2.13. The Morgan fingerprint density at radius 1 is 1.10 bits per heavy atom. The summed E-state index contributed by atoms with van der Waals surface area (Å²) in [6, 6.07) is 11.3. The lowest BCUT2D eigenvalue weighted by atomic mass is 10.4. The van der Waals surface area contributed by atoms with Crippen LogP contribution in [-0.4, -0.2) is 39.8 Å². The Morgan fingerprint density at radius 3 is 2.05 bits per heavy atom. The monoisotopic (exact) mass is 287 g/mol. The van der Waals surface area contributed by atoms with Crippen molar-refractivity contribution in [1.82, 2.24) is 20.3 Å². The van der Waals surface area contributed by atoms with Crippen molar-refractivity contribution in [2.24, 2.45) is 5.10 Å². The number of thiocarbonyl (C=S) groups is 1. The first-order valence-electron chi connectivity index (χ1n) is 6.06. The van der Waals surface area contributed by atoms with Crippen molar-refractivity contribution in [1.29, 1.82) is 0 Å². The molecule has 2 rings (SSSR count). The quantitative estimate of drug-likeness (QED) is 0.529. The first kappa shape index (κ1) is 14.1. The summed E-state index contributed by atoms with van der Waals surface area (Å²) in [4.78, 5) is 10.4. The zero-order chi connectivity index (χ0) is 14.4. The highest BCUT2D eigenvalue weighted by atomic mass is 32.1. The summed E-state index contributed by atoms with van der Waals surface area (Å²) in [7, 11) is 3.71. The van der Waals surface area contributed by atoms with Gasteiger partial charge in [0, 0.05) is 26.5 Å². The third-order valence-corrected chi connectivity index (χ3v) is 2.94. The number of hydrogen-bond acceptors (Lipinski definition) is 4. The zero-order valence-electron chi connectivity index (χ0n) is 11.3. The molecule has 0 aliphatic carbocycles. The van der Waals surface area contributed by atoms with E-state index in [-0.39, 0.29) is 0 Å².